The number of hydrogen-bond acceptors (Lipinski definition) is 4. The molecule has 0 saturated carbocycles. The fourth-order valence-corrected chi connectivity index (χ4v) is 2.04. The zero-order chi connectivity index (χ0) is 16.3. The van der Waals surface area contributed by atoms with Gasteiger partial charge in [-0.2, -0.15) is 8.78 Å². The maximum absolute atomic E-state index is 13.5. The van der Waals surface area contributed by atoms with Crippen LogP contribution in [-0.4, -0.2) is 49.1 Å². The van der Waals surface area contributed by atoms with Crippen LogP contribution in [0.3, 0.4) is 0 Å². The third-order valence-electron chi connectivity index (χ3n) is 3.21. The molecule has 0 aliphatic carbocycles. The Hall–Kier alpha value is -2.12. The molecule has 0 saturated heterocycles. The standard InChI is InChI=1S/C14H14F4N2O2/c1-22-8-2-3-11(21)9(6-8)10-7-12(20-5-4-19-10)14(17,18)13(15)16/h2-3,6,13,21H,4-5,7H2,1H3. The van der Waals surface area contributed by atoms with Gasteiger partial charge in [0.05, 0.1) is 31.6 Å². The minimum atomic E-state index is -4.32. The van der Waals surface area contributed by atoms with Crippen molar-refractivity contribution in [2.45, 2.75) is 18.8 Å². The SMILES string of the molecule is COc1ccc(O)c(C2=NCCN=C(C(F)(F)C(F)F)C2)c1. The number of hydrogen-bond donors (Lipinski definition) is 1. The molecule has 0 atom stereocenters. The Morgan fingerprint density at radius 2 is 1.91 bits per heavy atom. The van der Waals surface area contributed by atoms with E-state index >= 15 is 0 Å². The number of methoxy groups -OCH3 is 1. The Bertz CT molecular complexity index is 615. The molecular weight excluding hydrogens is 304 g/mol. The van der Waals surface area contributed by atoms with Crippen molar-refractivity contribution < 1.29 is 27.4 Å². The first-order valence-corrected chi connectivity index (χ1v) is 6.46. The van der Waals surface area contributed by atoms with E-state index in [2.05, 4.69) is 9.98 Å². The van der Waals surface area contributed by atoms with Crippen LogP contribution < -0.4 is 4.74 Å². The number of halogens is 4. The average molecular weight is 318 g/mol. The van der Waals surface area contributed by atoms with Crippen molar-refractivity contribution in [3.63, 3.8) is 0 Å². The second-order valence-corrected chi connectivity index (χ2v) is 4.64. The topological polar surface area (TPSA) is 54.2 Å². The minimum absolute atomic E-state index is 0.0768. The summed E-state index contributed by atoms with van der Waals surface area (Å²) < 4.78 is 57.1. The summed E-state index contributed by atoms with van der Waals surface area (Å²) in [7, 11) is 1.41. The van der Waals surface area contributed by atoms with Crippen molar-refractivity contribution in [2.75, 3.05) is 20.2 Å². The molecule has 1 aromatic rings. The van der Waals surface area contributed by atoms with Gasteiger partial charge in [0, 0.05) is 12.0 Å². The van der Waals surface area contributed by atoms with Gasteiger partial charge in [-0.15, -0.1) is 0 Å². The third-order valence-corrected chi connectivity index (χ3v) is 3.21. The first-order valence-electron chi connectivity index (χ1n) is 6.46. The van der Waals surface area contributed by atoms with Crippen molar-refractivity contribution in [1.82, 2.24) is 0 Å². The molecule has 0 fully saturated rings. The fraction of sp³-hybridized carbons (Fsp3) is 0.429. The molecule has 22 heavy (non-hydrogen) atoms. The number of benzene rings is 1. The molecule has 0 unspecified atom stereocenters. The van der Waals surface area contributed by atoms with E-state index in [1.165, 1.54) is 25.3 Å². The van der Waals surface area contributed by atoms with E-state index in [0.717, 1.165) is 0 Å². The lowest BCUT2D eigenvalue weighted by Crippen LogP contribution is -2.37. The number of phenolic OH excluding ortho intramolecular Hbond substituents is 1. The maximum atomic E-state index is 13.5. The summed E-state index contributed by atoms with van der Waals surface area (Å²) in [5.41, 5.74) is -0.687. The van der Waals surface area contributed by atoms with Crippen LogP contribution in [0.1, 0.15) is 12.0 Å². The molecule has 120 valence electrons. The van der Waals surface area contributed by atoms with Gasteiger partial charge in [-0.1, -0.05) is 0 Å². The lowest BCUT2D eigenvalue weighted by atomic mass is 10.00. The molecule has 0 spiro atoms. The zero-order valence-corrected chi connectivity index (χ0v) is 11.7. The highest BCUT2D eigenvalue weighted by molar-refractivity contribution is 6.16. The van der Waals surface area contributed by atoms with Crippen LogP contribution in [-0.2, 0) is 0 Å². The van der Waals surface area contributed by atoms with Crippen LogP contribution in [0.5, 0.6) is 11.5 Å². The highest BCUT2D eigenvalue weighted by Crippen LogP contribution is 2.30. The van der Waals surface area contributed by atoms with Gasteiger partial charge in [-0.3, -0.25) is 9.98 Å². The van der Waals surface area contributed by atoms with Crippen LogP contribution in [0.2, 0.25) is 0 Å². The molecule has 1 aliphatic rings. The van der Waals surface area contributed by atoms with E-state index < -0.39 is 24.5 Å². The fourth-order valence-electron chi connectivity index (χ4n) is 2.04. The molecule has 1 heterocycles. The highest BCUT2D eigenvalue weighted by Gasteiger charge is 2.46. The van der Waals surface area contributed by atoms with E-state index in [1.54, 1.807) is 0 Å². The molecule has 2 rings (SSSR count). The van der Waals surface area contributed by atoms with E-state index in [4.69, 9.17) is 4.74 Å². The highest BCUT2D eigenvalue weighted by atomic mass is 19.3. The molecule has 0 bridgehead atoms. The summed E-state index contributed by atoms with van der Waals surface area (Å²) in [6, 6.07) is 4.22. The number of rotatable bonds is 4. The van der Waals surface area contributed by atoms with Crippen molar-refractivity contribution >= 4 is 11.4 Å². The number of ether oxygens (including phenoxy) is 1. The van der Waals surface area contributed by atoms with E-state index in [1.807, 2.05) is 0 Å². The van der Waals surface area contributed by atoms with Crippen molar-refractivity contribution in [3.8, 4) is 11.5 Å². The summed E-state index contributed by atoms with van der Waals surface area (Å²) in [4.78, 5) is 7.58. The molecule has 1 aromatic carbocycles. The quantitative estimate of drug-likeness (QED) is 0.868. The largest absolute Gasteiger partial charge is 0.507 e. The first-order chi connectivity index (χ1) is 10.4. The molecule has 1 N–H and O–H groups in total. The Balaban J connectivity index is 2.37. The summed E-state index contributed by atoms with van der Waals surface area (Å²) in [6.45, 7) is -0.0271. The van der Waals surface area contributed by atoms with Crippen LogP contribution in [0.15, 0.2) is 28.2 Å². The molecule has 0 radical (unpaired) electrons. The maximum Gasteiger partial charge on any atom is 0.345 e. The molecule has 0 aromatic heterocycles. The van der Waals surface area contributed by atoms with Gasteiger partial charge < -0.3 is 9.84 Å². The number of aliphatic imine (C=N–C) groups is 2. The number of alkyl halides is 4. The second kappa shape index (κ2) is 6.33. The predicted octanol–water partition coefficient (Wildman–Crippen LogP) is 2.94. The Morgan fingerprint density at radius 1 is 1.23 bits per heavy atom. The lowest BCUT2D eigenvalue weighted by Gasteiger charge is -2.18. The zero-order valence-electron chi connectivity index (χ0n) is 11.7. The smallest absolute Gasteiger partial charge is 0.345 e. The Kier molecular flexibility index (Phi) is 4.68. The van der Waals surface area contributed by atoms with Gasteiger partial charge in [0.15, 0.2) is 0 Å². The van der Waals surface area contributed by atoms with Crippen LogP contribution in [0, 0.1) is 0 Å². The van der Waals surface area contributed by atoms with E-state index in [0.29, 0.717) is 5.75 Å². The Morgan fingerprint density at radius 3 is 2.55 bits per heavy atom. The monoisotopic (exact) mass is 318 g/mol. The molecule has 4 nitrogen and oxygen atoms in total. The van der Waals surface area contributed by atoms with Gasteiger partial charge in [-0.05, 0) is 18.2 Å². The summed E-state index contributed by atoms with van der Waals surface area (Å²) in [5, 5.41) is 9.86. The van der Waals surface area contributed by atoms with E-state index in [9.17, 15) is 22.7 Å². The number of phenols is 1. The predicted molar refractivity (Wildman–Crippen MR) is 73.9 cm³/mol. The van der Waals surface area contributed by atoms with Gasteiger partial charge in [0.1, 0.15) is 11.5 Å². The lowest BCUT2D eigenvalue weighted by molar-refractivity contribution is -0.0758. The number of nitrogens with zero attached hydrogens (tertiary/aromatic N) is 2. The normalized spacial score (nSPS) is 16.1. The van der Waals surface area contributed by atoms with Gasteiger partial charge in [0.25, 0.3) is 0 Å². The van der Waals surface area contributed by atoms with Crippen molar-refractivity contribution in [1.29, 1.82) is 0 Å². The second-order valence-electron chi connectivity index (χ2n) is 4.64. The molecular formula is C14H14F4N2O2. The van der Waals surface area contributed by atoms with Gasteiger partial charge in [-0.25, -0.2) is 8.78 Å². The number of aromatic hydroxyl groups is 1. The summed E-state index contributed by atoms with van der Waals surface area (Å²) in [6.07, 6.45) is -4.40. The van der Waals surface area contributed by atoms with E-state index in [-0.39, 0.29) is 30.1 Å². The summed E-state index contributed by atoms with van der Waals surface area (Å²) in [5.74, 6) is -4.13. The van der Waals surface area contributed by atoms with Gasteiger partial charge in [0.2, 0.25) is 0 Å². The van der Waals surface area contributed by atoms with Crippen LogP contribution >= 0.6 is 0 Å². The summed E-state index contributed by atoms with van der Waals surface area (Å²) >= 11 is 0. The third kappa shape index (κ3) is 3.20. The minimum Gasteiger partial charge on any atom is -0.507 e. The molecule has 1 aliphatic heterocycles. The molecule has 8 heteroatoms. The van der Waals surface area contributed by atoms with Crippen molar-refractivity contribution in [3.05, 3.63) is 23.8 Å². The van der Waals surface area contributed by atoms with Crippen LogP contribution in [0.25, 0.3) is 0 Å². The van der Waals surface area contributed by atoms with Crippen LogP contribution in [0.4, 0.5) is 17.6 Å². The Labute approximate surface area is 124 Å². The average Bonchev–Trinajstić information content (AvgIpc) is 2.74. The van der Waals surface area contributed by atoms with Gasteiger partial charge >= 0.3 is 12.3 Å². The molecule has 0 amide bonds. The van der Waals surface area contributed by atoms with Crippen molar-refractivity contribution in [2.24, 2.45) is 9.98 Å². The first kappa shape index (κ1) is 16.3.